The summed E-state index contributed by atoms with van der Waals surface area (Å²) in [5.41, 5.74) is 2.97. The van der Waals surface area contributed by atoms with E-state index in [4.69, 9.17) is 0 Å². The molecule has 1 heterocycles. The Balaban J connectivity index is 2.80. The van der Waals surface area contributed by atoms with Crippen molar-refractivity contribution in [3.63, 3.8) is 0 Å². The first-order chi connectivity index (χ1) is 5.75. The zero-order valence-electron chi connectivity index (χ0n) is 7.07. The molecule has 3 nitrogen and oxygen atoms in total. The number of hydrogen-bond donors (Lipinski definition) is 0. The number of aromatic nitrogens is 3. The van der Waals surface area contributed by atoms with Crippen LogP contribution >= 0.6 is 0 Å². The van der Waals surface area contributed by atoms with E-state index < -0.39 is 0 Å². The van der Waals surface area contributed by atoms with Crippen LogP contribution in [0.2, 0.25) is 0 Å². The fraction of sp³-hybridized carbons (Fsp3) is 0.222. The van der Waals surface area contributed by atoms with Crippen molar-refractivity contribution in [2.45, 2.75) is 13.8 Å². The third kappa shape index (κ3) is 1.13. The second-order valence-electron chi connectivity index (χ2n) is 2.85. The van der Waals surface area contributed by atoms with Gasteiger partial charge >= 0.3 is 0 Å². The minimum atomic E-state index is 0.716. The quantitative estimate of drug-likeness (QED) is 0.586. The molecule has 3 heteroatoms. The average Bonchev–Trinajstić information content (AvgIpc) is 2.03. The molecule has 0 atom stereocenters. The van der Waals surface area contributed by atoms with E-state index in [0.29, 0.717) is 5.82 Å². The SMILES string of the molecule is Cc1ccc2nnc(C)nc2c1. The van der Waals surface area contributed by atoms with Crippen LogP contribution in [0.5, 0.6) is 0 Å². The summed E-state index contributed by atoms with van der Waals surface area (Å²) in [4.78, 5) is 4.26. The predicted molar refractivity (Wildman–Crippen MR) is 46.8 cm³/mol. The van der Waals surface area contributed by atoms with Crippen LogP contribution in [0.4, 0.5) is 0 Å². The zero-order valence-corrected chi connectivity index (χ0v) is 7.07. The van der Waals surface area contributed by atoms with Gasteiger partial charge in [-0.25, -0.2) is 4.98 Å². The van der Waals surface area contributed by atoms with Crippen molar-refractivity contribution in [3.8, 4) is 0 Å². The average molecular weight is 159 g/mol. The van der Waals surface area contributed by atoms with Gasteiger partial charge in [0.25, 0.3) is 0 Å². The van der Waals surface area contributed by atoms with Gasteiger partial charge in [-0.15, -0.1) is 10.2 Å². The fourth-order valence-corrected chi connectivity index (χ4v) is 1.13. The van der Waals surface area contributed by atoms with Gasteiger partial charge in [0.15, 0.2) is 0 Å². The van der Waals surface area contributed by atoms with E-state index in [0.717, 1.165) is 11.0 Å². The van der Waals surface area contributed by atoms with Gasteiger partial charge in [0.05, 0.1) is 5.52 Å². The first-order valence-corrected chi connectivity index (χ1v) is 3.83. The van der Waals surface area contributed by atoms with Crippen molar-refractivity contribution in [1.82, 2.24) is 15.2 Å². The number of hydrogen-bond acceptors (Lipinski definition) is 3. The van der Waals surface area contributed by atoms with E-state index in [2.05, 4.69) is 15.2 Å². The van der Waals surface area contributed by atoms with Crippen LogP contribution in [0.15, 0.2) is 18.2 Å². The molecule has 0 amide bonds. The summed E-state index contributed by atoms with van der Waals surface area (Å²) in [7, 11) is 0. The molecule has 1 aromatic carbocycles. The highest BCUT2D eigenvalue weighted by molar-refractivity contribution is 5.73. The Hall–Kier alpha value is -1.51. The van der Waals surface area contributed by atoms with Gasteiger partial charge in [0, 0.05) is 0 Å². The summed E-state index contributed by atoms with van der Waals surface area (Å²) in [6.45, 7) is 3.88. The smallest absolute Gasteiger partial charge is 0.148 e. The van der Waals surface area contributed by atoms with E-state index in [9.17, 15) is 0 Å². The molecule has 2 aromatic rings. The molecule has 0 unspecified atom stereocenters. The first kappa shape index (κ1) is 7.16. The van der Waals surface area contributed by atoms with E-state index in [1.54, 1.807) is 0 Å². The second kappa shape index (κ2) is 2.52. The van der Waals surface area contributed by atoms with Crippen LogP contribution in [-0.4, -0.2) is 15.2 Å². The van der Waals surface area contributed by atoms with Crippen molar-refractivity contribution in [2.24, 2.45) is 0 Å². The molecule has 0 saturated carbocycles. The highest BCUT2D eigenvalue weighted by atomic mass is 15.1. The molecule has 0 aliphatic carbocycles. The maximum absolute atomic E-state index is 4.26. The Kier molecular flexibility index (Phi) is 1.50. The molecular weight excluding hydrogens is 150 g/mol. The summed E-state index contributed by atoms with van der Waals surface area (Å²) in [5.74, 6) is 0.716. The third-order valence-corrected chi connectivity index (χ3v) is 1.72. The minimum absolute atomic E-state index is 0.716. The topological polar surface area (TPSA) is 38.7 Å². The Morgan fingerprint density at radius 3 is 2.67 bits per heavy atom. The van der Waals surface area contributed by atoms with Gasteiger partial charge in [-0.2, -0.15) is 0 Å². The molecule has 2 rings (SSSR count). The number of nitrogens with zero attached hydrogens (tertiary/aromatic N) is 3. The maximum atomic E-state index is 4.26. The third-order valence-electron chi connectivity index (χ3n) is 1.72. The fourth-order valence-electron chi connectivity index (χ4n) is 1.13. The molecule has 0 saturated heterocycles. The molecule has 60 valence electrons. The van der Waals surface area contributed by atoms with E-state index in [1.807, 2.05) is 32.0 Å². The second-order valence-corrected chi connectivity index (χ2v) is 2.85. The Bertz CT molecular complexity index is 386. The predicted octanol–water partition coefficient (Wildman–Crippen LogP) is 1.64. The summed E-state index contributed by atoms with van der Waals surface area (Å²) < 4.78 is 0. The van der Waals surface area contributed by atoms with E-state index >= 15 is 0 Å². The summed E-state index contributed by atoms with van der Waals surface area (Å²) in [6, 6.07) is 5.95. The van der Waals surface area contributed by atoms with Crippen LogP contribution in [0.25, 0.3) is 11.0 Å². The molecular formula is C9H9N3. The molecule has 0 aliphatic heterocycles. The van der Waals surface area contributed by atoms with E-state index in [1.165, 1.54) is 5.56 Å². The van der Waals surface area contributed by atoms with Crippen molar-refractivity contribution >= 4 is 11.0 Å². The molecule has 12 heavy (non-hydrogen) atoms. The first-order valence-electron chi connectivity index (χ1n) is 3.83. The van der Waals surface area contributed by atoms with Crippen LogP contribution in [0, 0.1) is 13.8 Å². The number of aryl methyl sites for hydroxylation is 2. The van der Waals surface area contributed by atoms with Gasteiger partial charge in [-0.1, -0.05) is 6.07 Å². The lowest BCUT2D eigenvalue weighted by Crippen LogP contribution is -1.92. The Morgan fingerprint density at radius 2 is 1.83 bits per heavy atom. The van der Waals surface area contributed by atoms with Gasteiger partial charge in [-0.3, -0.25) is 0 Å². The van der Waals surface area contributed by atoms with Crippen molar-refractivity contribution in [2.75, 3.05) is 0 Å². The molecule has 0 fully saturated rings. The minimum Gasteiger partial charge on any atom is -0.230 e. The lowest BCUT2D eigenvalue weighted by Gasteiger charge is -1.96. The van der Waals surface area contributed by atoms with Crippen LogP contribution in [0.3, 0.4) is 0 Å². The van der Waals surface area contributed by atoms with E-state index in [-0.39, 0.29) is 0 Å². The molecule has 0 bridgehead atoms. The van der Waals surface area contributed by atoms with Gasteiger partial charge in [0.2, 0.25) is 0 Å². The Labute approximate surface area is 70.5 Å². The van der Waals surface area contributed by atoms with Crippen LogP contribution in [0.1, 0.15) is 11.4 Å². The lowest BCUT2D eigenvalue weighted by atomic mass is 10.2. The Morgan fingerprint density at radius 1 is 1.00 bits per heavy atom. The van der Waals surface area contributed by atoms with Gasteiger partial charge in [0.1, 0.15) is 11.3 Å². The number of fused-ring (bicyclic) bond motifs is 1. The van der Waals surface area contributed by atoms with Crippen molar-refractivity contribution in [3.05, 3.63) is 29.6 Å². The number of rotatable bonds is 0. The standard InChI is InChI=1S/C9H9N3/c1-6-3-4-8-9(5-6)10-7(2)11-12-8/h3-5H,1-2H3. The van der Waals surface area contributed by atoms with Crippen molar-refractivity contribution < 1.29 is 0 Å². The van der Waals surface area contributed by atoms with Gasteiger partial charge < -0.3 is 0 Å². The monoisotopic (exact) mass is 159 g/mol. The largest absolute Gasteiger partial charge is 0.230 e. The normalized spacial score (nSPS) is 10.5. The van der Waals surface area contributed by atoms with Gasteiger partial charge in [-0.05, 0) is 31.5 Å². The lowest BCUT2D eigenvalue weighted by molar-refractivity contribution is 0.951. The highest BCUT2D eigenvalue weighted by Crippen LogP contribution is 2.09. The maximum Gasteiger partial charge on any atom is 0.148 e. The number of benzene rings is 1. The molecule has 0 radical (unpaired) electrons. The molecule has 0 N–H and O–H groups in total. The van der Waals surface area contributed by atoms with Crippen LogP contribution < -0.4 is 0 Å². The summed E-state index contributed by atoms with van der Waals surface area (Å²) >= 11 is 0. The summed E-state index contributed by atoms with van der Waals surface area (Å²) in [6.07, 6.45) is 0. The molecule has 0 aliphatic rings. The molecule has 0 spiro atoms. The molecule has 1 aromatic heterocycles. The van der Waals surface area contributed by atoms with Crippen molar-refractivity contribution in [1.29, 1.82) is 0 Å². The summed E-state index contributed by atoms with van der Waals surface area (Å²) in [5, 5.41) is 7.89. The van der Waals surface area contributed by atoms with Crippen LogP contribution in [-0.2, 0) is 0 Å². The highest BCUT2D eigenvalue weighted by Gasteiger charge is 1.96. The zero-order chi connectivity index (χ0) is 8.55.